The number of amides is 1. The zero-order valence-corrected chi connectivity index (χ0v) is 18.3. The van der Waals surface area contributed by atoms with Crippen LogP contribution in [-0.4, -0.2) is 41.6 Å². The van der Waals surface area contributed by atoms with Gasteiger partial charge in [-0.25, -0.2) is 4.68 Å². The maximum Gasteiger partial charge on any atom is 0.272 e. The number of benzene rings is 2. The van der Waals surface area contributed by atoms with Gasteiger partial charge in [-0.05, 0) is 75.1 Å². The molecule has 31 heavy (non-hydrogen) atoms. The molecule has 2 heterocycles. The van der Waals surface area contributed by atoms with Crippen molar-refractivity contribution in [2.45, 2.75) is 32.2 Å². The highest BCUT2D eigenvalue weighted by Gasteiger charge is 2.33. The monoisotopic (exact) mass is 419 g/mol. The number of para-hydroxylation sites is 1. The Morgan fingerprint density at radius 1 is 1.10 bits per heavy atom. The Morgan fingerprint density at radius 3 is 2.42 bits per heavy atom. The number of nitrogens with zero attached hydrogens (tertiary/aromatic N) is 2. The Hall–Kier alpha value is -3.12. The maximum absolute atomic E-state index is 13.2. The number of ether oxygens (including phenoxy) is 2. The number of methoxy groups -OCH3 is 1. The van der Waals surface area contributed by atoms with E-state index in [2.05, 4.69) is 24.3 Å². The second-order valence-electron chi connectivity index (χ2n) is 8.45. The van der Waals surface area contributed by atoms with Gasteiger partial charge in [0, 0.05) is 24.3 Å². The third kappa shape index (κ3) is 4.64. The molecule has 1 aliphatic rings. The summed E-state index contributed by atoms with van der Waals surface area (Å²) in [5.41, 5.74) is 2.77. The van der Waals surface area contributed by atoms with E-state index in [0.717, 1.165) is 48.7 Å². The van der Waals surface area contributed by atoms with Crippen molar-refractivity contribution in [1.29, 1.82) is 0 Å². The standard InChI is InChI=1S/C25H29N3O3/c1-25(2,19-13-15-31-16-14-19)26-24(29)22-17-23(18-9-11-21(30-3)12-10-18)28(27-22)20-7-5-4-6-8-20/h4-12,17,19H,13-16H2,1-3H3,(H,26,29). The fraction of sp³-hybridized carbons (Fsp3) is 0.360. The van der Waals surface area contributed by atoms with Gasteiger partial charge in [-0.3, -0.25) is 4.79 Å². The van der Waals surface area contributed by atoms with Gasteiger partial charge in [-0.15, -0.1) is 0 Å². The molecule has 2 aromatic carbocycles. The number of hydrogen-bond acceptors (Lipinski definition) is 4. The molecule has 1 fully saturated rings. The molecule has 6 nitrogen and oxygen atoms in total. The summed E-state index contributed by atoms with van der Waals surface area (Å²) in [4.78, 5) is 13.2. The Morgan fingerprint density at radius 2 is 1.77 bits per heavy atom. The minimum absolute atomic E-state index is 0.166. The first-order chi connectivity index (χ1) is 15.0. The van der Waals surface area contributed by atoms with Crippen molar-refractivity contribution in [3.8, 4) is 22.7 Å². The molecule has 1 saturated heterocycles. The van der Waals surface area contributed by atoms with Crippen molar-refractivity contribution < 1.29 is 14.3 Å². The van der Waals surface area contributed by atoms with Crippen molar-refractivity contribution in [2.75, 3.05) is 20.3 Å². The van der Waals surface area contributed by atoms with Crippen LogP contribution in [0.5, 0.6) is 5.75 Å². The summed E-state index contributed by atoms with van der Waals surface area (Å²) in [7, 11) is 1.64. The fourth-order valence-electron chi connectivity index (χ4n) is 4.10. The second kappa shape index (κ2) is 8.94. The van der Waals surface area contributed by atoms with E-state index in [-0.39, 0.29) is 11.4 Å². The van der Waals surface area contributed by atoms with Crippen molar-refractivity contribution in [3.63, 3.8) is 0 Å². The van der Waals surface area contributed by atoms with E-state index in [1.165, 1.54) is 0 Å². The van der Waals surface area contributed by atoms with Gasteiger partial charge in [0.25, 0.3) is 5.91 Å². The lowest BCUT2D eigenvalue weighted by Crippen LogP contribution is -2.50. The number of rotatable bonds is 6. The molecular formula is C25H29N3O3. The average Bonchev–Trinajstić information content (AvgIpc) is 3.26. The lowest BCUT2D eigenvalue weighted by molar-refractivity contribution is 0.0354. The molecule has 0 unspecified atom stereocenters. The largest absolute Gasteiger partial charge is 0.497 e. The summed E-state index contributed by atoms with van der Waals surface area (Å²) >= 11 is 0. The minimum atomic E-state index is -0.336. The summed E-state index contributed by atoms with van der Waals surface area (Å²) in [5, 5.41) is 7.89. The molecule has 162 valence electrons. The number of aromatic nitrogens is 2. The zero-order chi connectivity index (χ0) is 21.8. The van der Waals surface area contributed by atoms with E-state index >= 15 is 0 Å². The topological polar surface area (TPSA) is 65.4 Å². The molecule has 1 aliphatic heterocycles. The molecule has 0 saturated carbocycles. The van der Waals surface area contributed by atoms with Crippen LogP contribution in [0.3, 0.4) is 0 Å². The van der Waals surface area contributed by atoms with Crippen LogP contribution in [0.25, 0.3) is 16.9 Å². The van der Waals surface area contributed by atoms with Crippen molar-refractivity contribution in [1.82, 2.24) is 15.1 Å². The molecule has 0 aliphatic carbocycles. The molecule has 4 rings (SSSR count). The molecule has 3 aromatic rings. The van der Waals surface area contributed by atoms with Gasteiger partial charge in [0.15, 0.2) is 5.69 Å². The van der Waals surface area contributed by atoms with Crippen LogP contribution in [0.1, 0.15) is 37.2 Å². The van der Waals surface area contributed by atoms with Crippen LogP contribution in [0, 0.1) is 5.92 Å². The van der Waals surface area contributed by atoms with Gasteiger partial charge in [-0.2, -0.15) is 5.10 Å². The predicted molar refractivity (Wildman–Crippen MR) is 121 cm³/mol. The molecule has 0 spiro atoms. The van der Waals surface area contributed by atoms with Gasteiger partial charge < -0.3 is 14.8 Å². The SMILES string of the molecule is COc1ccc(-c2cc(C(=O)NC(C)(C)C3CCOCC3)nn2-c2ccccc2)cc1. The molecule has 1 N–H and O–H groups in total. The zero-order valence-electron chi connectivity index (χ0n) is 18.3. The molecule has 0 radical (unpaired) electrons. The van der Waals surface area contributed by atoms with Gasteiger partial charge in [0.1, 0.15) is 5.75 Å². The summed E-state index contributed by atoms with van der Waals surface area (Å²) in [6.07, 6.45) is 1.89. The Kier molecular flexibility index (Phi) is 6.09. The molecule has 0 bridgehead atoms. The molecule has 0 atom stereocenters. The Bertz CT molecular complexity index is 1020. The van der Waals surface area contributed by atoms with E-state index < -0.39 is 0 Å². The van der Waals surface area contributed by atoms with Crippen LogP contribution < -0.4 is 10.1 Å². The van der Waals surface area contributed by atoms with E-state index in [0.29, 0.717) is 11.6 Å². The van der Waals surface area contributed by atoms with Crippen LogP contribution >= 0.6 is 0 Å². The Labute approximate surface area is 183 Å². The maximum atomic E-state index is 13.2. The normalized spacial score (nSPS) is 14.9. The van der Waals surface area contributed by atoms with E-state index in [1.807, 2.05) is 65.3 Å². The molecule has 1 aromatic heterocycles. The summed E-state index contributed by atoms with van der Waals surface area (Å²) in [5.74, 6) is 0.995. The summed E-state index contributed by atoms with van der Waals surface area (Å²) in [6, 6.07) is 19.5. The van der Waals surface area contributed by atoms with Crippen LogP contribution in [-0.2, 0) is 4.74 Å². The number of nitrogens with one attached hydrogen (secondary N) is 1. The minimum Gasteiger partial charge on any atom is -0.497 e. The summed E-state index contributed by atoms with van der Waals surface area (Å²) < 4.78 is 12.6. The smallest absolute Gasteiger partial charge is 0.272 e. The molecule has 1 amide bonds. The molecule has 6 heteroatoms. The molecular weight excluding hydrogens is 390 g/mol. The number of carbonyl (C=O) groups is 1. The fourth-order valence-corrected chi connectivity index (χ4v) is 4.10. The first-order valence-electron chi connectivity index (χ1n) is 10.7. The first-order valence-corrected chi connectivity index (χ1v) is 10.7. The highest BCUT2D eigenvalue weighted by Crippen LogP contribution is 2.29. The van der Waals surface area contributed by atoms with Crippen LogP contribution in [0.15, 0.2) is 60.7 Å². The van der Waals surface area contributed by atoms with Crippen LogP contribution in [0.4, 0.5) is 0 Å². The summed E-state index contributed by atoms with van der Waals surface area (Å²) in [6.45, 7) is 5.65. The number of hydrogen-bond donors (Lipinski definition) is 1. The average molecular weight is 420 g/mol. The van der Waals surface area contributed by atoms with Gasteiger partial charge in [0.2, 0.25) is 0 Å². The Balaban J connectivity index is 1.66. The quantitative estimate of drug-likeness (QED) is 0.640. The lowest BCUT2D eigenvalue weighted by atomic mass is 9.81. The van der Waals surface area contributed by atoms with E-state index in [9.17, 15) is 4.79 Å². The van der Waals surface area contributed by atoms with Gasteiger partial charge in [0.05, 0.1) is 18.5 Å². The lowest BCUT2D eigenvalue weighted by Gasteiger charge is -2.37. The van der Waals surface area contributed by atoms with E-state index in [4.69, 9.17) is 9.47 Å². The van der Waals surface area contributed by atoms with Gasteiger partial charge in [-0.1, -0.05) is 18.2 Å². The third-order valence-electron chi connectivity index (χ3n) is 6.01. The second-order valence-corrected chi connectivity index (χ2v) is 8.45. The van der Waals surface area contributed by atoms with Gasteiger partial charge >= 0.3 is 0 Å². The van der Waals surface area contributed by atoms with Crippen molar-refractivity contribution in [3.05, 3.63) is 66.4 Å². The third-order valence-corrected chi connectivity index (χ3v) is 6.01. The number of carbonyl (C=O) groups excluding carboxylic acids is 1. The van der Waals surface area contributed by atoms with Crippen molar-refractivity contribution >= 4 is 5.91 Å². The van der Waals surface area contributed by atoms with Crippen LogP contribution in [0.2, 0.25) is 0 Å². The van der Waals surface area contributed by atoms with Crippen molar-refractivity contribution in [2.24, 2.45) is 5.92 Å². The highest BCUT2D eigenvalue weighted by atomic mass is 16.5. The predicted octanol–water partition coefficient (Wildman–Crippen LogP) is 4.48. The highest BCUT2D eigenvalue weighted by molar-refractivity contribution is 5.94. The first kappa shape index (κ1) is 21.1. The van der Waals surface area contributed by atoms with E-state index in [1.54, 1.807) is 7.11 Å².